The van der Waals surface area contributed by atoms with Crippen LogP contribution >= 0.6 is 31.9 Å². The molecule has 1 amide bonds. The third kappa shape index (κ3) is 4.58. The van der Waals surface area contributed by atoms with Gasteiger partial charge in [0.15, 0.2) is 0 Å². The van der Waals surface area contributed by atoms with Crippen LogP contribution in [0.1, 0.15) is 16.1 Å². The van der Waals surface area contributed by atoms with Crippen LogP contribution in [-0.4, -0.2) is 15.8 Å². The number of nitro groups is 1. The van der Waals surface area contributed by atoms with Crippen molar-refractivity contribution < 1.29 is 9.72 Å². The number of amides is 1. The van der Waals surface area contributed by atoms with E-state index in [0.717, 1.165) is 4.47 Å². The number of nitrogens with zero attached hydrogens (tertiary/aromatic N) is 3. The van der Waals surface area contributed by atoms with Gasteiger partial charge in [-0.25, -0.2) is 0 Å². The monoisotopic (exact) mass is 489 g/mol. The Morgan fingerprint density at radius 3 is 2.44 bits per heavy atom. The fraction of sp³-hybridized carbons (Fsp3) is 0.0526. The Labute approximate surface area is 172 Å². The van der Waals surface area contributed by atoms with Crippen molar-refractivity contribution in [2.75, 3.05) is 4.90 Å². The average Bonchev–Trinajstić information content (AvgIpc) is 2.67. The molecule has 0 aliphatic carbocycles. The summed E-state index contributed by atoms with van der Waals surface area (Å²) in [6.07, 6.45) is 1.66. The topological polar surface area (TPSA) is 76.3 Å². The second-order valence-electron chi connectivity index (χ2n) is 5.61. The number of carbonyl (C=O) groups excluding carboxylic acids is 1. The minimum absolute atomic E-state index is 0.158. The lowest BCUT2D eigenvalue weighted by atomic mass is 10.1. The van der Waals surface area contributed by atoms with Crippen LogP contribution < -0.4 is 4.90 Å². The second-order valence-corrected chi connectivity index (χ2v) is 7.38. The van der Waals surface area contributed by atoms with Crippen molar-refractivity contribution in [2.45, 2.75) is 6.54 Å². The maximum atomic E-state index is 13.2. The van der Waals surface area contributed by atoms with Gasteiger partial charge in [-0.2, -0.15) is 0 Å². The Kier molecular flexibility index (Phi) is 5.98. The molecule has 3 aromatic rings. The van der Waals surface area contributed by atoms with Crippen LogP contribution in [0.4, 0.5) is 11.4 Å². The molecule has 8 heteroatoms. The largest absolute Gasteiger partial charge is 0.302 e. The molecule has 1 heterocycles. The molecule has 2 aromatic carbocycles. The van der Waals surface area contributed by atoms with Crippen molar-refractivity contribution in [3.63, 3.8) is 0 Å². The molecule has 0 saturated heterocycles. The Morgan fingerprint density at radius 2 is 1.81 bits per heavy atom. The van der Waals surface area contributed by atoms with Crippen LogP contribution in [0.2, 0.25) is 0 Å². The van der Waals surface area contributed by atoms with Gasteiger partial charge in [0.1, 0.15) is 0 Å². The number of aromatic nitrogens is 1. The van der Waals surface area contributed by atoms with E-state index in [4.69, 9.17) is 0 Å². The second kappa shape index (κ2) is 8.41. The van der Waals surface area contributed by atoms with Crippen LogP contribution in [0.3, 0.4) is 0 Å². The first-order chi connectivity index (χ1) is 13.0. The van der Waals surface area contributed by atoms with Crippen LogP contribution in [0, 0.1) is 10.1 Å². The fourth-order valence-electron chi connectivity index (χ4n) is 2.50. The van der Waals surface area contributed by atoms with Crippen LogP contribution in [-0.2, 0) is 6.54 Å². The standard InChI is InChI=1S/C19H13Br2N3O3/c20-14-5-7-16(8-6-14)23(12-15-3-1-2-10-22-15)19(25)13-4-9-17(21)18(11-13)24(26)27/h1-11H,12H2. The first-order valence-electron chi connectivity index (χ1n) is 7.87. The summed E-state index contributed by atoms with van der Waals surface area (Å²) in [7, 11) is 0. The van der Waals surface area contributed by atoms with Crippen molar-refractivity contribution in [3.8, 4) is 0 Å². The number of carbonyl (C=O) groups is 1. The smallest absolute Gasteiger partial charge is 0.284 e. The molecular weight excluding hydrogens is 478 g/mol. The molecule has 0 radical (unpaired) electrons. The highest BCUT2D eigenvalue weighted by Gasteiger charge is 2.22. The number of pyridine rings is 1. The van der Waals surface area contributed by atoms with Gasteiger partial charge >= 0.3 is 0 Å². The molecule has 0 N–H and O–H groups in total. The maximum Gasteiger partial charge on any atom is 0.284 e. The van der Waals surface area contributed by atoms with Crippen LogP contribution in [0.5, 0.6) is 0 Å². The first-order valence-corrected chi connectivity index (χ1v) is 9.45. The van der Waals surface area contributed by atoms with Gasteiger partial charge in [0.05, 0.1) is 21.6 Å². The van der Waals surface area contributed by atoms with E-state index in [-0.39, 0.29) is 23.7 Å². The minimum Gasteiger partial charge on any atom is -0.302 e. The van der Waals surface area contributed by atoms with E-state index in [1.54, 1.807) is 35.4 Å². The summed E-state index contributed by atoms with van der Waals surface area (Å²) in [5.41, 5.74) is 1.44. The van der Waals surface area contributed by atoms with E-state index >= 15 is 0 Å². The molecule has 0 bridgehead atoms. The molecule has 0 aliphatic heterocycles. The van der Waals surface area contributed by atoms with Crippen molar-refractivity contribution in [3.05, 3.63) is 97.2 Å². The average molecular weight is 491 g/mol. The van der Waals surface area contributed by atoms with Gasteiger partial charge in [0.25, 0.3) is 11.6 Å². The number of nitro benzene ring substituents is 1. The molecule has 0 unspecified atom stereocenters. The number of hydrogen-bond donors (Lipinski definition) is 0. The number of benzene rings is 2. The zero-order valence-electron chi connectivity index (χ0n) is 13.9. The molecular formula is C19H13Br2N3O3. The zero-order chi connectivity index (χ0) is 19.4. The highest BCUT2D eigenvalue weighted by atomic mass is 79.9. The lowest BCUT2D eigenvalue weighted by Gasteiger charge is -2.23. The van der Waals surface area contributed by atoms with Gasteiger partial charge < -0.3 is 4.90 Å². The van der Waals surface area contributed by atoms with E-state index in [2.05, 4.69) is 36.8 Å². The summed E-state index contributed by atoms with van der Waals surface area (Å²) < 4.78 is 1.21. The van der Waals surface area contributed by atoms with E-state index in [9.17, 15) is 14.9 Å². The van der Waals surface area contributed by atoms with Crippen LogP contribution in [0.15, 0.2) is 75.8 Å². The molecule has 3 rings (SSSR count). The molecule has 1 aromatic heterocycles. The molecule has 0 saturated carbocycles. The molecule has 0 fully saturated rings. The number of anilines is 1. The number of rotatable bonds is 5. The zero-order valence-corrected chi connectivity index (χ0v) is 17.1. The maximum absolute atomic E-state index is 13.2. The van der Waals surface area contributed by atoms with Gasteiger partial charge in [-0.1, -0.05) is 22.0 Å². The van der Waals surface area contributed by atoms with Crippen molar-refractivity contribution in [1.29, 1.82) is 0 Å². The van der Waals surface area contributed by atoms with Crippen molar-refractivity contribution in [1.82, 2.24) is 4.98 Å². The molecule has 27 heavy (non-hydrogen) atoms. The summed E-state index contributed by atoms with van der Waals surface area (Å²) in [5, 5.41) is 11.2. The SMILES string of the molecule is O=C(c1ccc(Br)c([N+](=O)[O-])c1)N(Cc1ccccn1)c1ccc(Br)cc1. The lowest BCUT2D eigenvalue weighted by Crippen LogP contribution is -2.30. The normalized spacial score (nSPS) is 10.4. The molecule has 0 spiro atoms. The van der Waals surface area contributed by atoms with Crippen LogP contribution in [0.25, 0.3) is 0 Å². The third-order valence-corrected chi connectivity index (χ3v) is 5.02. The Morgan fingerprint density at radius 1 is 1.07 bits per heavy atom. The third-order valence-electron chi connectivity index (χ3n) is 3.82. The summed E-state index contributed by atoms with van der Waals surface area (Å²) >= 11 is 6.52. The predicted octanol–water partition coefficient (Wildman–Crippen LogP) is 5.36. The highest BCUT2D eigenvalue weighted by Crippen LogP contribution is 2.28. The molecule has 136 valence electrons. The molecule has 0 atom stereocenters. The summed E-state index contributed by atoms with van der Waals surface area (Å²) in [4.78, 5) is 29.7. The van der Waals surface area contributed by atoms with Crippen molar-refractivity contribution in [2.24, 2.45) is 0 Å². The fourth-order valence-corrected chi connectivity index (χ4v) is 3.15. The van der Waals surface area contributed by atoms with Gasteiger partial charge in [0.2, 0.25) is 0 Å². The quantitative estimate of drug-likeness (QED) is 0.356. The van der Waals surface area contributed by atoms with E-state index < -0.39 is 4.92 Å². The predicted molar refractivity (Wildman–Crippen MR) is 110 cm³/mol. The van der Waals surface area contributed by atoms with Crippen molar-refractivity contribution >= 4 is 49.1 Å². The summed E-state index contributed by atoms with van der Waals surface area (Å²) in [6, 6.07) is 17.1. The first kappa shape index (κ1) is 19.2. The molecule has 6 nitrogen and oxygen atoms in total. The summed E-state index contributed by atoms with van der Waals surface area (Å²) in [6.45, 7) is 0.241. The van der Waals surface area contributed by atoms with Gasteiger partial charge in [-0.3, -0.25) is 19.9 Å². The number of halogens is 2. The molecule has 0 aliphatic rings. The van der Waals surface area contributed by atoms with Gasteiger partial charge in [-0.15, -0.1) is 0 Å². The highest BCUT2D eigenvalue weighted by molar-refractivity contribution is 9.10. The van der Waals surface area contributed by atoms with E-state index in [1.165, 1.54) is 12.1 Å². The van der Waals surface area contributed by atoms with Gasteiger partial charge in [0, 0.05) is 28.0 Å². The summed E-state index contributed by atoms with van der Waals surface area (Å²) in [5.74, 6) is -0.349. The van der Waals surface area contributed by atoms with Gasteiger partial charge in [-0.05, 0) is 64.5 Å². The Hall–Kier alpha value is -2.58. The Balaban J connectivity index is 2.01. The lowest BCUT2D eigenvalue weighted by molar-refractivity contribution is -0.385. The minimum atomic E-state index is -0.524. The number of hydrogen-bond acceptors (Lipinski definition) is 4. The van der Waals surface area contributed by atoms with E-state index in [0.29, 0.717) is 15.9 Å². The Bertz CT molecular complexity index is 979. The van der Waals surface area contributed by atoms with E-state index in [1.807, 2.05) is 24.3 Å².